The Morgan fingerprint density at radius 1 is 1.67 bits per heavy atom. The number of nitriles is 1. The van der Waals surface area contributed by atoms with Crippen molar-refractivity contribution in [2.75, 3.05) is 5.32 Å². The van der Waals surface area contributed by atoms with E-state index >= 15 is 0 Å². The molecule has 15 heavy (non-hydrogen) atoms. The Balaban J connectivity index is 2.76. The summed E-state index contributed by atoms with van der Waals surface area (Å²) in [5, 5.41) is 11.0. The molecule has 0 fully saturated rings. The van der Waals surface area contributed by atoms with Gasteiger partial charge in [0, 0.05) is 0 Å². The van der Waals surface area contributed by atoms with Crippen LogP contribution in [-0.2, 0) is 9.59 Å². The molecule has 0 spiro atoms. The highest BCUT2D eigenvalue weighted by atomic mass is 79.9. The summed E-state index contributed by atoms with van der Waals surface area (Å²) >= 11 is 2.91. The van der Waals surface area contributed by atoms with Gasteiger partial charge in [-0.25, -0.2) is 0 Å². The molecule has 0 aliphatic heterocycles. The third-order valence-electron chi connectivity index (χ3n) is 1.61. The smallest absolute Gasteiger partial charge is 0.248 e. The number of ketones is 1. The lowest BCUT2D eigenvalue weighted by Gasteiger charge is -2.05. The maximum Gasteiger partial charge on any atom is 0.248 e. The Hall–Kier alpha value is -1.61. The Morgan fingerprint density at radius 3 is 2.87 bits per heavy atom. The standard InChI is InChI=1S/C9H7BrN2O3/c1-5(13)7(10)8(14)12-9-6(4-11)2-3-15-9/h2-3,7H,1H3,(H,12,14). The second kappa shape index (κ2) is 4.75. The number of Topliss-reactive ketones (excluding diaryl/α,β-unsaturated/α-hetero) is 1. The highest BCUT2D eigenvalue weighted by Crippen LogP contribution is 2.16. The topological polar surface area (TPSA) is 83.1 Å². The highest BCUT2D eigenvalue weighted by molar-refractivity contribution is 9.10. The molecular weight excluding hydrogens is 264 g/mol. The molecule has 0 saturated heterocycles. The lowest BCUT2D eigenvalue weighted by molar-refractivity contribution is -0.123. The number of carbonyl (C=O) groups excluding carboxylic acids is 2. The van der Waals surface area contributed by atoms with Crippen molar-refractivity contribution in [3.63, 3.8) is 0 Å². The summed E-state index contributed by atoms with van der Waals surface area (Å²) in [6, 6.07) is 3.26. The summed E-state index contributed by atoms with van der Waals surface area (Å²) in [6.07, 6.45) is 1.28. The number of hydrogen-bond acceptors (Lipinski definition) is 4. The SMILES string of the molecule is CC(=O)C(Br)C(=O)Nc1occc1C#N. The second-order valence-electron chi connectivity index (χ2n) is 2.74. The van der Waals surface area contributed by atoms with Crippen LogP contribution >= 0.6 is 15.9 Å². The van der Waals surface area contributed by atoms with Crippen molar-refractivity contribution in [3.8, 4) is 6.07 Å². The minimum atomic E-state index is -0.936. The Labute approximate surface area is 94.2 Å². The van der Waals surface area contributed by atoms with Crippen molar-refractivity contribution < 1.29 is 14.0 Å². The van der Waals surface area contributed by atoms with Gasteiger partial charge in [0.25, 0.3) is 0 Å². The number of nitrogens with zero attached hydrogens (tertiary/aromatic N) is 1. The van der Waals surface area contributed by atoms with Crippen LogP contribution in [0.1, 0.15) is 12.5 Å². The molecule has 78 valence electrons. The Kier molecular flexibility index (Phi) is 3.63. The highest BCUT2D eigenvalue weighted by Gasteiger charge is 2.21. The van der Waals surface area contributed by atoms with Gasteiger partial charge >= 0.3 is 0 Å². The van der Waals surface area contributed by atoms with Crippen LogP contribution in [-0.4, -0.2) is 16.5 Å². The fraction of sp³-hybridized carbons (Fsp3) is 0.222. The number of carbonyl (C=O) groups is 2. The lowest BCUT2D eigenvalue weighted by Crippen LogP contribution is -2.28. The quantitative estimate of drug-likeness (QED) is 0.666. The van der Waals surface area contributed by atoms with E-state index in [-0.39, 0.29) is 17.2 Å². The minimum Gasteiger partial charge on any atom is -0.447 e. The van der Waals surface area contributed by atoms with Crippen molar-refractivity contribution in [3.05, 3.63) is 17.9 Å². The van der Waals surface area contributed by atoms with E-state index in [0.717, 1.165) is 0 Å². The van der Waals surface area contributed by atoms with Crippen LogP contribution in [0.25, 0.3) is 0 Å². The van der Waals surface area contributed by atoms with Gasteiger partial charge in [0.2, 0.25) is 11.8 Å². The molecule has 0 bridgehead atoms. The fourth-order valence-electron chi connectivity index (χ4n) is 0.854. The van der Waals surface area contributed by atoms with E-state index in [0.29, 0.717) is 0 Å². The van der Waals surface area contributed by atoms with E-state index in [1.54, 1.807) is 0 Å². The molecule has 0 saturated carbocycles. The zero-order valence-electron chi connectivity index (χ0n) is 7.78. The first-order valence-corrected chi connectivity index (χ1v) is 4.90. The second-order valence-corrected chi connectivity index (χ2v) is 3.65. The molecule has 0 aliphatic rings. The summed E-state index contributed by atoms with van der Waals surface area (Å²) in [6.45, 7) is 1.28. The first-order chi connectivity index (χ1) is 7.06. The van der Waals surface area contributed by atoms with Crippen molar-refractivity contribution in [1.29, 1.82) is 5.26 Å². The van der Waals surface area contributed by atoms with Crippen molar-refractivity contribution >= 4 is 33.5 Å². The van der Waals surface area contributed by atoms with Crippen molar-refractivity contribution in [2.24, 2.45) is 0 Å². The molecule has 6 heteroatoms. The number of hydrogen-bond donors (Lipinski definition) is 1. The molecule has 0 aliphatic carbocycles. The largest absolute Gasteiger partial charge is 0.447 e. The van der Waals surface area contributed by atoms with Gasteiger partial charge in [-0.15, -0.1) is 0 Å². The molecule has 5 nitrogen and oxygen atoms in total. The number of anilines is 1. The predicted octanol–water partition coefficient (Wildman–Crippen LogP) is 1.44. The number of furan rings is 1. The van der Waals surface area contributed by atoms with Gasteiger partial charge in [-0.2, -0.15) is 5.26 Å². The number of alkyl halides is 1. The Bertz CT molecular complexity index is 433. The van der Waals surface area contributed by atoms with Gasteiger partial charge in [0.05, 0.1) is 6.26 Å². The van der Waals surface area contributed by atoms with Crippen LogP contribution < -0.4 is 5.32 Å². The van der Waals surface area contributed by atoms with Gasteiger partial charge in [-0.1, -0.05) is 15.9 Å². The zero-order valence-corrected chi connectivity index (χ0v) is 9.37. The molecule has 0 radical (unpaired) electrons. The zero-order chi connectivity index (χ0) is 11.4. The van der Waals surface area contributed by atoms with E-state index < -0.39 is 10.7 Å². The summed E-state index contributed by atoms with van der Waals surface area (Å²) in [4.78, 5) is 21.3. The summed E-state index contributed by atoms with van der Waals surface area (Å²) in [5.41, 5.74) is 0.214. The number of halogens is 1. The summed E-state index contributed by atoms with van der Waals surface area (Å²) in [7, 11) is 0. The maximum atomic E-state index is 11.4. The van der Waals surface area contributed by atoms with Crippen LogP contribution in [0.4, 0.5) is 5.88 Å². The molecule has 1 amide bonds. The monoisotopic (exact) mass is 270 g/mol. The van der Waals surface area contributed by atoms with Gasteiger partial charge in [0.1, 0.15) is 11.6 Å². The Morgan fingerprint density at radius 2 is 2.33 bits per heavy atom. The molecule has 1 heterocycles. The van der Waals surface area contributed by atoms with E-state index in [4.69, 9.17) is 9.68 Å². The molecule has 1 atom stereocenters. The molecule has 1 aromatic heterocycles. The van der Waals surface area contributed by atoms with E-state index in [2.05, 4.69) is 21.2 Å². The third kappa shape index (κ3) is 2.67. The lowest BCUT2D eigenvalue weighted by atomic mass is 10.3. The first-order valence-electron chi connectivity index (χ1n) is 3.99. The summed E-state index contributed by atoms with van der Waals surface area (Å²) in [5.74, 6) is -0.834. The summed E-state index contributed by atoms with van der Waals surface area (Å²) < 4.78 is 4.87. The van der Waals surface area contributed by atoms with Crippen LogP contribution in [0.5, 0.6) is 0 Å². The van der Waals surface area contributed by atoms with Crippen molar-refractivity contribution in [2.45, 2.75) is 11.8 Å². The van der Waals surface area contributed by atoms with Gasteiger partial charge in [0.15, 0.2) is 10.6 Å². The predicted molar refractivity (Wildman–Crippen MR) is 55.4 cm³/mol. The van der Waals surface area contributed by atoms with Crippen LogP contribution in [0.15, 0.2) is 16.7 Å². The molecule has 1 N–H and O–H groups in total. The third-order valence-corrected chi connectivity index (χ3v) is 2.67. The molecule has 1 unspecified atom stereocenters. The van der Waals surface area contributed by atoms with Gasteiger partial charge in [-0.3, -0.25) is 14.9 Å². The van der Waals surface area contributed by atoms with E-state index in [1.165, 1.54) is 19.3 Å². The fourth-order valence-corrected chi connectivity index (χ4v) is 0.968. The van der Waals surface area contributed by atoms with E-state index in [1.807, 2.05) is 6.07 Å². The van der Waals surface area contributed by atoms with Crippen LogP contribution in [0.2, 0.25) is 0 Å². The van der Waals surface area contributed by atoms with E-state index in [9.17, 15) is 9.59 Å². The van der Waals surface area contributed by atoms with Crippen molar-refractivity contribution in [1.82, 2.24) is 0 Å². The molecule has 1 aromatic rings. The molecule has 0 aromatic carbocycles. The number of nitrogens with one attached hydrogen (secondary N) is 1. The van der Waals surface area contributed by atoms with Crippen LogP contribution in [0.3, 0.4) is 0 Å². The van der Waals surface area contributed by atoms with Gasteiger partial charge < -0.3 is 4.42 Å². The van der Waals surface area contributed by atoms with Gasteiger partial charge in [-0.05, 0) is 13.0 Å². The minimum absolute atomic E-state index is 0.0493. The average molecular weight is 271 g/mol. The normalized spacial score (nSPS) is 11.5. The molecule has 1 rings (SSSR count). The van der Waals surface area contributed by atoms with Crippen LogP contribution in [0, 0.1) is 11.3 Å². The average Bonchev–Trinajstić information content (AvgIpc) is 2.63. The first kappa shape index (κ1) is 11.5. The maximum absolute atomic E-state index is 11.4. The molecular formula is C9H7BrN2O3. The number of rotatable bonds is 3. The number of amides is 1.